The van der Waals surface area contributed by atoms with Crippen LogP contribution < -0.4 is 4.74 Å². The van der Waals surface area contributed by atoms with Crippen LogP contribution in [0.3, 0.4) is 0 Å². The van der Waals surface area contributed by atoms with Gasteiger partial charge in [-0.25, -0.2) is 4.79 Å². The summed E-state index contributed by atoms with van der Waals surface area (Å²) in [5, 5.41) is 8.47. The highest BCUT2D eigenvalue weighted by molar-refractivity contribution is 6.06. The van der Waals surface area contributed by atoms with E-state index in [4.69, 9.17) is 9.84 Å². The van der Waals surface area contributed by atoms with Gasteiger partial charge in [0.1, 0.15) is 5.75 Å². The number of carboxylic acid groups (broad SMARTS) is 1. The zero-order valence-electron chi connectivity index (χ0n) is 10.3. The molecule has 5 nitrogen and oxygen atoms in total. The minimum absolute atomic E-state index is 0.382. The zero-order chi connectivity index (χ0) is 13.5. The van der Waals surface area contributed by atoms with Crippen molar-refractivity contribution in [2.24, 2.45) is 0 Å². The fraction of sp³-hybridized carbons (Fsp3) is 0.231. The van der Waals surface area contributed by atoms with Gasteiger partial charge in [-0.2, -0.15) is 0 Å². The largest absolute Gasteiger partial charge is 0.482 e. The van der Waals surface area contributed by atoms with Crippen LogP contribution in [0.1, 0.15) is 5.56 Å². The van der Waals surface area contributed by atoms with Crippen molar-refractivity contribution in [2.45, 2.75) is 0 Å². The van der Waals surface area contributed by atoms with E-state index in [-0.39, 0.29) is 6.61 Å². The van der Waals surface area contributed by atoms with Crippen molar-refractivity contribution in [3.63, 3.8) is 0 Å². The number of hydrogen-bond donors (Lipinski definition) is 1. The molecule has 0 atom stereocenters. The molecule has 5 heteroatoms. The fourth-order valence-electron chi connectivity index (χ4n) is 1.34. The summed E-state index contributed by atoms with van der Waals surface area (Å²) in [7, 11) is 3.65. The minimum atomic E-state index is -1.03. The van der Waals surface area contributed by atoms with Gasteiger partial charge in [-0.05, 0) is 17.7 Å². The lowest BCUT2D eigenvalue weighted by atomic mass is 10.1. The summed E-state index contributed by atoms with van der Waals surface area (Å²) >= 11 is 0. The van der Waals surface area contributed by atoms with Gasteiger partial charge in [0.2, 0.25) is 0 Å². The third-order valence-corrected chi connectivity index (χ3v) is 2.07. The van der Waals surface area contributed by atoms with Crippen LogP contribution in [-0.2, 0) is 9.59 Å². The summed E-state index contributed by atoms with van der Waals surface area (Å²) < 4.78 is 5.00. The molecule has 0 aliphatic rings. The van der Waals surface area contributed by atoms with Crippen LogP contribution in [0, 0.1) is 0 Å². The maximum atomic E-state index is 10.9. The van der Waals surface area contributed by atoms with Gasteiger partial charge >= 0.3 is 5.97 Å². The van der Waals surface area contributed by atoms with Crippen LogP contribution >= 0.6 is 0 Å². The average molecular weight is 249 g/mol. The Hall–Kier alpha value is -2.30. The van der Waals surface area contributed by atoms with Crippen molar-refractivity contribution in [1.29, 1.82) is 0 Å². The quantitative estimate of drug-likeness (QED) is 0.607. The second kappa shape index (κ2) is 6.44. The van der Waals surface area contributed by atoms with Crippen molar-refractivity contribution in [2.75, 3.05) is 20.7 Å². The number of carboxylic acids is 1. The van der Waals surface area contributed by atoms with E-state index in [9.17, 15) is 9.59 Å². The lowest BCUT2D eigenvalue weighted by Crippen LogP contribution is -2.09. The summed E-state index contributed by atoms with van der Waals surface area (Å²) in [6.45, 7) is -0.382. The second-order valence-corrected chi connectivity index (χ2v) is 3.87. The summed E-state index contributed by atoms with van der Waals surface area (Å²) in [6, 6.07) is 6.68. The molecule has 0 aromatic heterocycles. The van der Waals surface area contributed by atoms with Gasteiger partial charge < -0.3 is 14.7 Å². The van der Waals surface area contributed by atoms with Crippen LogP contribution in [0.2, 0.25) is 0 Å². The first-order chi connectivity index (χ1) is 8.52. The van der Waals surface area contributed by atoms with E-state index in [1.54, 1.807) is 35.4 Å². The minimum Gasteiger partial charge on any atom is -0.482 e. The van der Waals surface area contributed by atoms with Gasteiger partial charge in [-0.15, -0.1) is 0 Å². The molecule has 1 aromatic rings. The number of rotatable bonds is 6. The molecule has 0 aliphatic carbocycles. The van der Waals surface area contributed by atoms with Crippen molar-refractivity contribution in [1.82, 2.24) is 4.90 Å². The van der Waals surface area contributed by atoms with Crippen LogP contribution in [0.5, 0.6) is 5.75 Å². The topological polar surface area (TPSA) is 66.8 Å². The monoisotopic (exact) mass is 249 g/mol. The van der Waals surface area contributed by atoms with Crippen molar-refractivity contribution in [3.8, 4) is 5.75 Å². The van der Waals surface area contributed by atoms with Crippen LogP contribution in [0.25, 0.3) is 5.57 Å². The first kappa shape index (κ1) is 13.8. The Bertz CT molecular complexity index is 449. The molecule has 0 unspecified atom stereocenters. The molecular formula is C13H15NO4. The third-order valence-electron chi connectivity index (χ3n) is 2.07. The highest BCUT2D eigenvalue weighted by Gasteiger charge is 2.03. The van der Waals surface area contributed by atoms with Gasteiger partial charge in [0.05, 0.1) is 0 Å². The van der Waals surface area contributed by atoms with E-state index < -0.39 is 5.97 Å². The van der Waals surface area contributed by atoms with E-state index in [0.717, 1.165) is 11.8 Å². The van der Waals surface area contributed by atoms with Crippen LogP contribution in [-0.4, -0.2) is 43.0 Å². The standard InChI is InChI=1S/C13H15NO4/c1-14(2)7-11(8-15)10-3-5-12(6-4-10)18-9-13(16)17/h3-8H,9H2,1-2H3,(H,16,17)/b11-7-. The smallest absolute Gasteiger partial charge is 0.341 e. The predicted octanol–water partition coefficient (Wildman–Crippen LogP) is 1.25. The molecule has 1 N–H and O–H groups in total. The Balaban J connectivity index is 2.81. The van der Waals surface area contributed by atoms with E-state index in [0.29, 0.717) is 11.3 Å². The van der Waals surface area contributed by atoms with Crippen LogP contribution in [0.4, 0.5) is 0 Å². The van der Waals surface area contributed by atoms with Gasteiger partial charge in [-0.1, -0.05) is 12.1 Å². The molecule has 0 amide bonds. The van der Waals surface area contributed by atoms with Gasteiger partial charge in [-0.3, -0.25) is 4.79 Å². The maximum absolute atomic E-state index is 10.9. The molecule has 0 saturated carbocycles. The number of carbonyl (C=O) groups is 2. The summed E-state index contributed by atoms with van der Waals surface area (Å²) in [5.74, 6) is -0.573. The molecule has 1 aromatic carbocycles. The molecule has 0 radical (unpaired) electrons. The maximum Gasteiger partial charge on any atom is 0.341 e. The van der Waals surface area contributed by atoms with Crippen molar-refractivity contribution >= 4 is 17.8 Å². The second-order valence-electron chi connectivity index (χ2n) is 3.87. The van der Waals surface area contributed by atoms with E-state index in [1.165, 1.54) is 0 Å². The summed E-state index contributed by atoms with van der Waals surface area (Å²) in [4.78, 5) is 23.0. The first-order valence-corrected chi connectivity index (χ1v) is 5.31. The van der Waals surface area contributed by atoms with Gasteiger partial charge in [0, 0.05) is 25.9 Å². The Morgan fingerprint density at radius 1 is 1.33 bits per heavy atom. The number of aliphatic carboxylic acids is 1. The normalized spacial score (nSPS) is 10.9. The Morgan fingerprint density at radius 2 is 1.94 bits per heavy atom. The van der Waals surface area contributed by atoms with Gasteiger partial charge in [0.25, 0.3) is 0 Å². The molecule has 0 fully saturated rings. The lowest BCUT2D eigenvalue weighted by molar-refractivity contribution is -0.139. The number of benzene rings is 1. The molecule has 0 aliphatic heterocycles. The summed E-state index contributed by atoms with van der Waals surface area (Å²) in [5.41, 5.74) is 1.30. The van der Waals surface area contributed by atoms with E-state index >= 15 is 0 Å². The zero-order valence-corrected chi connectivity index (χ0v) is 10.3. The molecule has 18 heavy (non-hydrogen) atoms. The van der Waals surface area contributed by atoms with E-state index in [1.807, 2.05) is 14.1 Å². The number of nitrogens with zero attached hydrogens (tertiary/aromatic N) is 1. The third kappa shape index (κ3) is 4.29. The van der Waals surface area contributed by atoms with Crippen molar-refractivity contribution in [3.05, 3.63) is 36.0 Å². The Labute approximate surface area is 105 Å². The van der Waals surface area contributed by atoms with E-state index in [2.05, 4.69) is 0 Å². The molecular weight excluding hydrogens is 234 g/mol. The SMILES string of the molecule is CN(C)/C=C(/C=O)c1ccc(OCC(=O)O)cc1. The highest BCUT2D eigenvalue weighted by Crippen LogP contribution is 2.17. The predicted molar refractivity (Wildman–Crippen MR) is 67.3 cm³/mol. The Morgan fingerprint density at radius 3 is 2.39 bits per heavy atom. The Kier molecular flexibility index (Phi) is 4.92. The molecule has 0 bridgehead atoms. The molecule has 0 saturated heterocycles. The molecule has 0 heterocycles. The summed E-state index contributed by atoms with van der Waals surface area (Å²) in [6.07, 6.45) is 2.48. The highest BCUT2D eigenvalue weighted by atomic mass is 16.5. The molecule has 0 spiro atoms. The number of hydrogen-bond acceptors (Lipinski definition) is 4. The number of aldehydes is 1. The molecule has 96 valence electrons. The van der Waals surface area contributed by atoms with Crippen LogP contribution in [0.15, 0.2) is 30.5 Å². The molecule has 1 rings (SSSR count). The number of allylic oxidation sites excluding steroid dienone is 1. The number of carbonyl (C=O) groups excluding carboxylic acids is 1. The van der Waals surface area contributed by atoms with Crippen molar-refractivity contribution < 1.29 is 19.4 Å². The number of ether oxygens (including phenoxy) is 1. The van der Waals surface area contributed by atoms with Gasteiger partial charge in [0.15, 0.2) is 12.9 Å². The average Bonchev–Trinajstić information content (AvgIpc) is 2.34. The fourth-order valence-corrected chi connectivity index (χ4v) is 1.34. The first-order valence-electron chi connectivity index (χ1n) is 5.31. The lowest BCUT2D eigenvalue weighted by Gasteiger charge is -2.08.